The lowest BCUT2D eigenvalue weighted by molar-refractivity contribution is 0.768. The highest BCUT2D eigenvalue weighted by Crippen LogP contribution is 2.33. The molecule has 0 amide bonds. The van der Waals surface area contributed by atoms with E-state index in [-0.39, 0.29) is 0 Å². The Balaban J connectivity index is 2.06. The van der Waals surface area contributed by atoms with Crippen LogP contribution in [0.15, 0.2) is 18.2 Å². The van der Waals surface area contributed by atoms with Crippen molar-refractivity contribution in [2.75, 3.05) is 16.8 Å². The summed E-state index contributed by atoms with van der Waals surface area (Å²) in [6, 6.07) is 6.14. The predicted molar refractivity (Wildman–Crippen MR) is 79.0 cm³/mol. The van der Waals surface area contributed by atoms with Crippen molar-refractivity contribution >= 4 is 34.7 Å². The van der Waals surface area contributed by atoms with Crippen LogP contribution in [0.3, 0.4) is 0 Å². The fourth-order valence-corrected chi connectivity index (χ4v) is 3.73. The molecule has 0 aromatic heterocycles. The minimum absolute atomic E-state index is 0.528. The molecule has 2 nitrogen and oxygen atoms in total. The van der Waals surface area contributed by atoms with E-state index in [1.54, 1.807) is 0 Å². The van der Waals surface area contributed by atoms with Crippen LogP contribution in [0.2, 0.25) is 5.02 Å². The standard InChI is InChI=1S/C13H19ClN2S/c1-2-17-13-5-3-4-11(13)16-12-8-9(14)6-7-10(12)15/h6-8,11,13,16H,2-5,15H2,1H3. The lowest BCUT2D eigenvalue weighted by Crippen LogP contribution is -2.26. The van der Waals surface area contributed by atoms with Crippen molar-refractivity contribution in [1.29, 1.82) is 0 Å². The second-order valence-corrected chi connectivity index (χ2v) is 6.36. The first-order valence-corrected chi connectivity index (χ1v) is 7.56. The third-order valence-corrected chi connectivity index (χ3v) is 4.75. The zero-order chi connectivity index (χ0) is 12.3. The Labute approximate surface area is 112 Å². The largest absolute Gasteiger partial charge is 0.397 e. The molecule has 1 aliphatic rings. The average molecular weight is 271 g/mol. The van der Waals surface area contributed by atoms with Crippen molar-refractivity contribution in [1.82, 2.24) is 0 Å². The SMILES string of the molecule is CCSC1CCCC1Nc1cc(Cl)ccc1N. The van der Waals surface area contributed by atoms with Crippen LogP contribution in [-0.4, -0.2) is 17.0 Å². The van der Waals surface area contributed by atoms with E-state index in [4.69, 9.17) is 17.3 Å². The van der Waals surface area contributed by atoms with Gasteiger partial charge >= 0.3 is 0 Å². The average Bonchev–Trinajstić information content (AvgIpc) is 2.72. The van der Waals surface area contributed by atoms with Crippen LogP contribution < -0.4 is 11.1 Å². The van der Waals surface area contributed by atoms with Gasteiger partial charge in [0.25, 0.3) is 0 Å². The van der Waals surface area contributed by atoms with E-state index in [1.165, 1.54) is 25.0 Å². The summed E-state index contributed by atoms with van der Waals surface area (Å²) in [5.41, 5.74) is 7.72. The number of nitrogen functional groups attached to an aromatic ring is 1. The van der Waals surface area contributed by atoms with Crippen molar-refractivity contribution in [3.63, 3.8) is 0 Å². The summed E-state index contributed by atoms with van der Waals surface area (Å²) in [6.45, 7) is 2.22. The van der Waals surface area contributed by atoms with Gasteiger partial charge in [0.2, 0.25) is 0 Å². The summed E-state index contributed by atoms with van der Waals surface area (Å²) in [6.07, 6.45) is 3.83. The molecule has 1 aromatic carbocycles. The van der Waals surface area contributed by atoms with Gasteiger partial charge in [-0.1, -0.05) is 24.9 Å². The molecule has 1 aromatic rings. The van der Waals surface area contributed by atoms with Gasteiger partial charge in [0, 0.05) is 16.3 Å². The quantitative estimate of drug-likeness (QED) is 0.812. The van der Waals surface area contributed by atoms with E-state index < -0.39 is 0 Å². The van der Waals surface area contributed by atoms with Gasteiger partial charge in [0.05, 0.1) is 11.4 Å². The monoisotopic (exact) mass is 270 g/mol. The molecule has 3 N–H and O–H groups in total. The summed E-state index contributed by atoms with van der Waals surface area (Å²) in [5.74, 6) is 1.17. The minimum atomic E-state index is 0.528. The Bertz CT molecular complexity index is 384. The second kappa shape index (κ2) is 5.87. The molecule has 17 heavy (non-hydrogen) atoms. The van der Waals surface area contributed by atoms with Crippen LogP contribution >= 0.6 is 23.4 Å². The number of hydrogen-bond acceptors (Lipinski definition) is 3. The number of rotatable bonds is 4. The van der Waals surface area contributed by atoms with Gasteiger partial charge in [-0.3, -0.25) is 0 Å². The van der Waals surface area contributed by atoms with Crippen LogP contribution in [0.1, 0.15) is 26.2 Å². The van der Waals surface area contributed by atoms with Gasteiger partial charge in [-0.15, -0.1) is 0 Å². The van der Waals surface area contributed by atoms with E-state index in [2.05, 4.69) is 12.2 Å². The van der Waals surface area contributed by atoms with Gasteiger partial charge in [-0.25, -0.2) is 0 Å². The first-order chi connectivity index (χ1) is 8.20. The molecule has 1 saturated carbocycles. The van der Waals surface area contributed by atoms with Crippen LogP contribution in [0, 0.1) is 0 Å². The highest BCUT2D eigenvalue weighted by atomic mass is 35.5. The minimum Gasteiger partial charge on any atom is -0.397 e. The molecule has 1 fully saturated rings. The van der Waals surface area contributed by atoms with Crippen molar-refractivity contribution in [3.05, 3.63) is 23.2 Å². The summed E-state index contributed by atoms with van der Waals surface area (Å²) >= 11 is 8.04. The molecule has 0 radical (unpaired) electrons. The van der Waals surface area contributed by atoms with Crippen LogP contribution in [0.25, 0.3) is 0 Å². The maximum absolute atomic E-state index is 6.00. The number of nitrogens with one attached hydrogen (secondary N) is 1. The smallest absolute Gasteiger partial charge is 0.0591 e. The van der Waals surface area contributed by atoms with Crippen molar-refractivity contribution in [2.24, 2.45) is 0 Å². The Morgan fingerprint density at radius 2 is 2.29 bits per heavy atom. The van der Waals surface area contributed by atoms with Gasteiger partial charge in [-0.2, -0.15) is 11.8 Å². The van der Waals surface area contributed by atoms with E-state index in [1.807, 2.05) is 30.0 Å². The maximum Gasteiger partial charge on any atom is 0.0591 e. The summed E-state index contributed by atoms with van der Waals surface area (Å²) < 4.78 is 0. The fourth-order valence-electron chi connectivity index (χ4n) is 2.36. The van der Waals surface area contributed by atoms with Crippen LogP contribution in [0.5, 0.6) is 0 Å². The number of thioether (sulfide) groups is 1. The van der Waals surface area contributed by atoms with Gasteiger partial charge < -0.3 is 11.1 Å². The zero-order valence-electron chi connectivity index (χ0n) is 10.1. The fraction of sp³-hybridized carbons (Fsp3) is 0.538. The molecule has 1 aliphatic carbocycles. The van der Waals surface area contributed by atoms with Crippen molar-refractivity contribution in [3.8, 4) is 0 Å². The number of benzene rings is 1. The summed E-state index contributed by atoms with van der Waals surface area (Å²) in [4.78, 5) is 0. The normalized spacial score (nSPS) is 23.9. The lowest BCUT2D eigenvalue weighted by Gasteiger charge is -2.22. The highest BCUT2D eigenvalue weighted by Gasteiger charge is 2.27. The number of hydrogen-bond donors (Lipinski definition) is 2. The highest BCUT2D eigenvalue weighted by molar-refractivity contribution is 7.99. The second-order valence-electron chi connectivity index (χ2n) is 4.41. The zero-order valence-corrected chi connectivity index (χ0v) is 11.7. The Kier molecular flexibility index (Phi) is 4.46. The third kappa shape index (κ3) is 3.23. The van der Waals surface area contributed by atoms with E-state index in [0.717, 1.165) is 16.4 Å². The molecule has 0 heterocycles. The number of anilines is 2. The number of nitrogens with two attached hydrogens (primary N) is 1. The topological polar surface area (TPSA) is 38.0 Å². The molecule has 4 heteroatoms. The molecule has 0 aliphatic heterocycles. The molecule has 2 rings (SSSR count). The molecule has 0 bridgehead atoms. The van der Waals surface area contributed by atoms with Gasteiger partial charge in [0.15, 0.2) is 0 Å². The lowest BCUT2D eigenvalue weighted by atomic mass is 10.2. The molecular formula is C13H19ClN2S. The molecule has 2 unspecified atom stereocenters. The van der Waals surface area contributed by atoms with Crippen LogP contribution in [-0.2, 0) is 0 Å². The van der Waals surface area contributed by atoms with Gasteiger partial charge in [0.1, 0.15) is 0 Å². The first kappa shape index (κ1) is 12.9. The molecule has 0 saturated heterocycles. The van der Waals surface area contributed by atoms with Crippen LogP contribution in [0.4, 0.5) is 11.4 Å². The number of halogens is 1. The third-order valence-electron chi connectivity index (χ3n) is 3.19. The Hall–Kier alpha value is -0.540. The maximum atomic E-state index is 6.00. The van der Waals surface area contributed by atoms with Crippen molar-refractivity contribution in [2.45, 2.75) is 37.5 Å². The summed E-state index contributed by atoms with van der Waals surface area (Å²) in [5, 5.41) is 5.00. The van der Waals surface area contributed by atoms with Gasteiger partial charge in [-0.05, 0) is 36.8 Å². The van der Waals surface area contributed by atoms with Crippen molar-refractivity contribution < 1.29 is 0 Å². The Morgan fingerprint density at radius 3 is 3.06 bits per heavy atom. The molecule has 94 valence electrons. The summed E-state index contributed by atoms with van der Waals surface area (Å²) in [7, 11) is 0. The molecule has 0 spiro atoms. The molecule has 2 atom stereocenters. The van der Waals surface area contributed by atoms with E-state index in [9.17, 15) is 0 Å². The first-order valence-electron chi connectivity index (χ1n) is 6.14. The van der Waals surface area contributed by atoms with E-state index >= 15 is 0 Å². The predicted octanol–water partition coefficient (Wildman–Crippen LogP) is 4.01. The molecular weight excluding hydrogens is 252 g/mol. The Morgan fingerprint density at radius 1 is 1.47 bits per heavy atom. The van der Waals surface area contributed by atoms with E-state index in [0.29, 0.717) is 11.3 Å².